The maximum absolute atomic E-state index is 10.6. The van der Waals surface area contributed by atoms with Gasteiger partial charge in [0.05, 0.1) is 69.3 Å². The first-order chi connectivity index (χ1) is 53.3. The highest BCUT2D eigenvalue weighted by Crippen LogP contribution is 2.20. The number of nitrogens with zero attached hydrogens (tertiary/aromatic N) is 5. The number of rotatable bonds is 48. The number of carbonyl (C=O) groups excluding carboxylic acids is 5. The van der Waals surface area contributed by atoms with Gasteiger partial charge in [-0.15, -0.1) is 0 Å². The summed E-state index contributed by atoms with van der Waals surface area (Å²) in [5, 5.41) is 48.1. The fourth-order valence-corrected chi connectivity index (χ4v) is 12.1. The van der Waals surface area contributed by atoms with Crippen molar-refractivity contribution in [2.75, 3.05) is 131 Å². The monoisotopic (exact) mass is 1590 g/mol. The minimum Gasteiger partial charge on any atom is -0.530 e. The third-order valence-electron chi connectivity index (χ3n) is 17.7. The van der Waals surface area contributed by atoms with Crippen LogP contribution in [0.5, 0.6) is 23.0 Å². The van der Waals surface area contributed by atoms with Gasteiger partial charge in [-0.1, -0.05) is 186 Å². The van der Waals surface area contributed by atoms with E-state index in [1.807, 2.05) is 48.5 Å². The lowest BCUT2D eigenvalue weighted by Gasteiger charge is -2.19. The summed E-state index contributed by atoms with van der Waals surface area (Å²) in [6.45, 7) is 24.5. The van der Waals surface area contributed by atoms with Gasteiger partial charge >= 0.3 is 25.2 Å². The molecule has 28 nitrogen and oxygen atoms in total. The lowest BCUT2D eigenvalue weighted by Crippen LogP contribution is -2.40. The Morgan fingerprint density at radius 3 is 1.04 bits per heavy atom. The van der Waals surface area contributed by atoms with Crippen LogP contribution >= 0.6 is 0 Å². The number of ether oxygens (including phenoxy) is 4. The molecule has 0 spiro atoms. The SMILES string of the molecule is C.C.C.C.CCCCCCCCOc1ccc(C2=NCCN2CCN)cc1.CCCCCCCCOc1ccc(C2=[N+](CCN)CCN2)cc1.CCCCCCCCOc1ccc(C2=[N+](CCNC(=O)O)CCN2)cc1.CCCCCCCCOc1ccc(C2=[N+](CCNC(=O)[O-])CCN2)cc1.O=C=O.O=COO.O=COO. The minimum absolute atomic E-state index is 0. The van der Waals surface area contributed by atoms with Crippen molar-refractivity contribution in [3.63, 3.8) is 0 Å². The standard InChI is InChI=1S/2C20H31N3O3.2C19H31N3O.2CH2O3.CO2.4CH4/c2*1-2-3-4-5-6-7-16-26-18-10-8-17(9-11-18)19-21-12-14-23(19)15-13-22-20(24)25;2*1-2-3-4-5-6-7-16-23-18-10-8-17(9-11-18)19-21-13-15-22(19)14-12-20;2*2-1-4-3;2-1-3;;;;/h2*8-11,22H,2-7,12-16H2,1H3,(H,24,25);2*8-11H,2-7,12-16,20H2,1H3;2*1,3H;;4*1H4/p+2. The summed E-state index contributed by atoms with van der Waals surface area (Å²) in [5.74, 6) is 8.06. The molecule has 0 atom stereocenters. The number of hydrogen-bond donors (Lipinski definition) is 10. The summed E-state index contributed by atoms with van der Waals surface area (Å²) < 4.78 is 29.9. The van der Waals surface area contributed by atoms with Crippen LogP contribution < -0.4 is 62.1 Å². The van der Waals surface area contributed by atoms with Gasteiger partial charge in [0.1, 0.15) is 87.3 Å². The van der Waals surface area contributed by atoms with Crippen LogP contribution in [0.1, 0.15) is 234 Å². The second kappa shape index (κ2) is 74.1. The number of nitrogens with one attached hydrogen (secondary N) is 5. The molecule has 0 saturated heterocycles. The van der Waals surface area contributed by atoms with Crippen molar-refractivity contribution in [3.05, 3.63) is 119 Å². The molecule has 12 N–H and O–H groups in total. The van der Waals surface area contributed by atoms with E-state index in [0.29, 0.717) is 39.3 Å². The van der Waals surface area contributed by atoms with E-state index in [4.69, 9.17) is 65.2 Å². The normalized spacial score (nSPS) is 12.5. The number of benzene rings is 4. The van der Waals surface area contributed by atoms with Crippen molar-refractivity contribution in [1.82, 2.24) is 31.5 Å². The van der Waals surface area contributed by atoms with E-state index >= 15 is 0 Å². The zero-order chi connectivity index (χ0) is 79.4. The van der Waals surface area contributed by atoms with Gasteiger partial charge in [0, 0.05) is 31.7 Å². The van der Waals surface area contributed by atoms with E-state index in [2.05, 4.69) is 136 Å². The van der Waals surface area contributed by atoms with Crippen molar-refractivity contribution in [2.45, 2.75) is 212 Å². The highest BCUT2D eigenvalue weighted by atomic mass is 17.1. The Bertz CT molecular complexity index is 3060. The molecule has 0 unspecified atom stereocenters. The van der Waals surface area contributed by atoms with E-state index in [0.717, 1.165) is 175 Å². The maximum Gasteiger partial charge on any atom is 0.404 e. The zero-order valence-electron chi connectivity index (χ0n) is 65.5. The molecule has 0 saturated carbocycles. The van der Waals surface area contributed by atoms with Gasteiger partial charge in [0.2, 0.25) is 0 Å². The highest BCUT2D eigenvalue weighted by molar-refractivity contribution is 6.00. The van der Waals surface area contributed by atoms with Crippen LogP contribution in [0, 0.1) is 0 Å². The molecular weight excluding hydrogens is 1450 g/mol. The smallest absolute Gasteiger partial charge is 0.404 e. The van der Waals surface area contributed by atoms with Gasteiger partial charge in [-0.2, -0.15) is 9.59 Å². The van der Waals surface area contributed by atoms with E-state index in [1.165, 1.54) is 140 Å². The Kier molecular flexibility index (Phi) is 70.7. The predicted octanol–water partition coefficient (Wildman–Crippen LogP) is 12.2. The van der Waals surface area contributed by atoms with Gasteiger partial charge in [-0.05, 0) is 123 Å². The summed E-state index contributed by atoms with van der Waals surface area (Å²) in [4.78, 5) is 67.3. The van der Waals surface area contributed by atoms with E-state index in [9.17, 15) is 14.7 Å². The first-order valence-electron chi connectivity index (χ1n) is 39.4. The van der Waals surface area contributed by atoms with Gasteiger partial charge in [-0.25, -0.2) is 15.3 Å². The average Bonchev–Trinajstić information content (AvgIpc) is 1.75. The molecule has 4 heterocycles. The largest absolute Gasteiger partial charge is 0.530 e. The number of unbranched alkanes of at least 4 members (excludes halogenated alkanes) is 20. The molecule has 4 aromatic rings. The van der Waals surface area contributed by atoms with Crippen LogP contribution in [-0.2, 0) is 29.0 Å². The summed E-state index contributed by atoms with van der Waals surface area (Å²) in [7, 11) is 0. The molecule has 0 bridgehead atoms. The Labute approximate surface area is 676 Å². The van der Waals surface area contributed by atoms with E-state index in [1.54, 1.807) is 0 Å². The average molecular weight is 1590 g/mol. The number of hydrogen-bond acceptors (Lipinski definition) is 22. The van der Waals surface area contributed by atoms with Crippen molar-refractivity contribution in [2.24, 2.45) is 16.5 Å². The fraction of sp³-hybridized carbons (Fsp3) is 0.612. The number of nitrogens with two attached hydrogens (primary N) is 2. The van der Waals surface area contributed by atoms with Crippen molar-refractivity contribution in [1.29, 1.82) is 0 Å². The lowest BCUT2D eigenvalue weighted by atomic mass is 10.1. The molecule has 0 aromatic heterocycles. The molecule has 113 heavy (non-hydrogen) atoms. The second-order valence-electron chi connectivity index (χ2n) is 26.1. The molecule has 4 aliphatic rings. The molecule has 28 heteroatoms. The van der Waals surface area contributed by atoms with Crippen molar-refractivity contribution >= 4 is 54.6 Å². The molecular formula is C85H146N12O16+2. The van der Waals surface area contributed by atoms with Crippen LogP contribution in [0.25, 0.3) is 0 Å². The van der Waals surface area contributed by atoms with Gasteiger partial charge in [0.25, 0.3) is 17.5 Å². The highest BCUT2D eigenvalue weighted by Gasteiger charge is 2.25. The van der Waals surface area contributed by atoms with Gasteiger partial charge in [-0.3, -0.25) is 44.3 Å². The van der Waals surface area contributed by atoms with Crippen LogP contribution in [0.2, 0.25) is 0 Å². The number of aliphatic imine (C=N–C) groups is 1. The fourth-order valence-electron chi connectivity index (χ4n) is 12.1. The summed E-state index contributed by atoms with van der Waals surface area (Å²) in [5.41, 5.74) is 15.9. The Balaban J connectivity index is -0.00000135. The second-order valence-corrected chi connectivity index (χ2v) is 26.1. The maximum atomic E-state index is 10.6. The zero-order valence-corrected chi connectivity index (χ0v) is 65.5. The summed E-state index contributed by atoms with van der Waals surface area (Å²) >= 11 is 0. The van der Waals surface area contributed by atoms with Crippen molar-refractivity contribution < 1.29 is 91.9 Å². The molecule has 4 aromatic carbocycles. The molecule has 8 rings (SSSR count). The number of amidine groups is 4. The molecule has 4 aliphatic heterocycles. The van der Waals surface area contributed by atoms with Crippen LogP contribution in [0.4, 0.5) is 9.59 Å². The number of carboxylic acid groups (broad SMARTS) is 2. The Morgan fingerprint density at radius 1 is 0.478 bits per heavy atom. The third kappa shape index (κ3) is 51.1. The van der Waals surface area contributed by atoms with E-state index in [-0.39, 0.29) is 48.8 Å². The van der Waals surface area contributed by atoms with Crippen LogP contribution in [-0.4, -0.2) is 220 Å². The summed E-state index contributed by atoms with van der Waals surface area (Å²) in [6.07, 6.45) is 28.7. The Hall–Kier alpha value is -9.34. The topological polar surface area (TPSA) is 378 Å². The van der Waals surface area contributed by atoms with Gasteiger partial charge in [0.15, 0.2) is 0 Å². The lowest BCUT2D eigenvalue weighted by molar-refractivity contribution is -0.515. The molecule has 640 valence electrons. The number of amides is 2. The molecule has 0 fully saturated rings. The third-order valence-corrected chi connectivity index (χ3v) is 17.7. The minimum atomic E-state index is -1.23. The molecule has 2 amide bonds. The quantitative estimate of drug-likeness (QED) is 0.00645. The molecule has 0 aliphatic carbocycles. The first kappa shape index (κ1) is 108. The first-order valence-corrected chi connectivity index (χ1v) is 39.4. The predicted molar refractivity (Wildman–Crippen MR) is 450 cm³/mol. The van der Waals surface area contributed by atoms with Crippen molar-refractivity contribution in [3.8, 4) is 23.0 Å². The van der Waals surface area contributed by atoms with Crippen LogP contribution in [0.15, 0.2) is 102 Å². The Morgan fingerprint density at radius 2 is 0.761 bits per heavy atom. The number of carbonyl (C=O) groups is 4. The molecule has 0 radical (unpaired) electrons. The summed E-state index contributed by atoms with van der Waals surface area (Å²) in [6, 6.07) is 32.9. The van der Waals surface area contributed by atoms with E-state index < -0.39 is 12.2 Å². The van der Waals surface area contributed by atoms with Crippen LogP contribution in [0.3, 0.4) is 0 Å². The van der Waals surface area contributed by atoms with Gasteiger partial charge < -0.3 is 70.7 Å².